The van der Waals surface area contributed by atoms with Crippen LogP contribution in [0.2, 0.25) is 0 Å². The first-order valence-electron chi connectivity index (χ1n) is 10.6. The van der Waals surface area contributed by atoms with E-state index in [-0.39, 0.29) is 11.0 Å². The van der Waals surface area contributed by atoms with E-state index < -0.39 is 0 Å². The number of ether oxygens (including phenoxy) is 1. The smallest absolute Gasteiger partial charge is 0.261 e. The van der Waals surface area contributed by atoms with Crippen molar-refractivity contribution in [2.75, 3.05) is 11.9 Å². The lowest BCUT2D eigenvalue weighted by Gasteiger charge is -2.13. The van der Waals surface area contributed by atoms with Gasteiger partial charge in [0, 0.05) is 11.3 Å². The van der Waals surface area contributed by atoms with E-state index >= 15 is 0 Å². The number of thiocarbonyl (C=S) groups is 1. The molecule has 0 spiro atoms. The van der Waals surface area contributed by atoms with E-state index in [9.17, 15) is 10.1 Å². The predicted molar refractivity (Wildman–Crippen MR) is 131 cm³/mol. The molecule has 162 valence electrons. The fourth-order valence-corrected chi connectivity index (χ4v) is 5.28. The van der Waals surface area contributed by atoms with E-state index in [1.54, 1.807) is 29.5 Å². The summed E-state index contributed by atoms with van der Waals surface area (Å²) in [6.45, 7) is 0.462. The summed E-state index contributed by atoms with van der Waals surface area (Å²) in [7, 11) is 0. The monoisotopic (exact) mass is 461 g/mol. The molecular formula is C25H23N3O2S2. The summed E-state index contributed by atoms with van der Waals surface area (Å²) in [6, 6.07) is 19.5. The van der Waals surface area contributed by atoms with E-state index in [0.717, 1.165) is 37.7 Å². The number of hydrogen-bond donors (Lipinski definition) is 2. The maximum absolute atomic E-state index is 12.9. The maximum Gasteiger partial charge on any atom is 0.261 e. The topological polar surface area (TPSA) is 74.2 Å². The molecule has 1 aliphatic rings. The van der Waals surface area contributed by atoms with E-state index in [2.05, 4.69) is 16.7 Å². The SMILES string of the molecule is N#Cc1c(NC(=S)NC(=O)c2ccccc2OCCc2ccccc2)sc2c1CCCC2. The van der Waals surface area contributed by atoms with Crippen LogP contribution in [0.5, 0.6) is 5.75 Å². The van der Waals surface area contributed by atoms with Crippen LogP contribution in [0.15, 0.2) is 54.6 Å². The Labute approximate surface area is 197 Å². The van der Waals surface area contributed by atoms with Gasteiger partial charge in [-0.1, -0.05) is 42.5 Å². The Hall–Kier alpha value is -3.21. The van der Waals surface area contributed by atoms with Gasteiger partial charge in [0.25, 0.3) is 5.91 Å². The van der Waals surface area contributed by atoms with Gasteiger partial charge in [0.15, 0.2) is 5.11 Å². The second-order valence-electron chi connectivity index (χ2n) is 7.52. The Morgan fingerprint density at radius 1 is 1.09 bits per heavy atom. The molecule has 4 rings (SSSR count). The average Bonchev–Trinajstić information content (AvgIpc) is 3.16. The summed E-state index contributed by atoms with van der Waals surface area (Å²) in [5, 5.41) is 16.3. The molecule has 0 saturated heterocycles. The zero-order chi connectivity index (χ0) is 22.3. The van der Waals surface area contributed by atoms with Crippen LogP contribution in [0.1, 0.15) is 44.8 Å². The first-order valence-corrected chi connectivity index (χ1v) is 11.8. The molecule has 1 aromatic heterocycles. The highest BCUT2D eigenvalue weighted by molar-refractivity contribution is 7.80. The van der Waals surface area contributed by atoms with Crippen LogP contribution < -0.4 is 15.4 Å². The zero-order valence-electron chi connectivity index (χ0n) is 17.5. The summed E-state index contributed by atoms with van der Waals surface area (Å²) in [5.41, 5.74) is 3.35. The van der Waals surface area contributed by atoms with E-state index in [0.29, 0.717) is 28.5 Å². The molecule has 0 radical (unpaired) electrons. The first-order chi connectivity index (χ1) is 15.7. The molecule has 1 amide bonds. The van der Waals surface area contributed by atoms with Crippen LogP contribution in [0.25, 0.3) is 0 Å². The van der Waals surface area contributed by atoms with Crippen molar-refractivity contribution < 1.29 is 9.53 Å². The van der Waals surface area contributed by atoms with Crippen molar-refractivity contribution in [2.45, 2.75) is 32.1 Å². The van der Waals surface area contributed by atoms with Crippen molar-refractivity contribution in [1.82, 2.24) is 5.32 Å². The number of aryl methyl sites for hydroxylation is 1. The number of rotatable bonds is 6. The standard InChI is InChI=1S/C25H23N3O2S2/c26-16-20-18-10-5-7-13-22(18)32-24(20)28-25(31)27-23(29)19-11-4-6-12-21(19)30-15-14-17-8-2-1-3-9-17/h1-4,6,8-9,11-12H,5,7,10,13-15H2,(H2,27,28,29,31). The van der Waals surface area contributed by atoms with Crippen LogP contribution in [0.3, 0.4) is 0 Å². The van der Waals surface area contributed by atoms with Gasteiger partial charge >= 0.3 is 0 Å². The summed E-state index contributed by atoms with van der Waals surface area (Å²) < 4.78 is 5.89. The predicted octanol–water partition coefficient (Wildman–Crippen LogP) is 5.25. The van der Waals surface area contributed by atoms with Gasteiger partial charge in [0.05, 0.1) is 17.7 Å². The minimum atomic E-state index is -0.349. The maximum atomic E-state index is 12.9. The number of nitrogens with zero attached hydrogens (tertiary/aromatic N) is 1. The number of nitriles is 1. The minimum Gasteiger partial charge on any atom is -0.492 e. The quantitative estimate of drug-likeness (QED) is 0.491. The van der Waals surface area contributed by atoms with Crippen LogP contribution >= 0.6 is 23.6 Å². The molecule has 2 aromatic carbocycles. The summed E-state index contributed by atoms with van der Waals surface area (Å²) in [6.07, 6.45) is 4.89. The van der Waals surface area contributed by atoms with Crippen LogP contribution in [-0.2, 0) is 19.3 Å². The molecule has 32 heavy (non-hydrogen) atoms. The molecule has 0 aliphatic heterocycles. The first kappa shape index (κ1) is 22.0. The van der Waals surface area contributed by atoms with E-state index in [1.165, 1.54) is 10.4 Å². The lowest BCUT2D eigenvalue weighted by Crippen LogP contribution is -2.34. The molecule has 1 heterocycles. The number of para-hydroxylation sites is 1. The van der Waals surface area contributed by atoms with Crippen LogP contribution in [-0.4, -0.2) is 17.6 Å². The van der Waals surface area contributed by atoms with Gasteiger partial charge in [-0.3, -0.25) is 10.1 Å². The Morgan fingerprint density at radius 2 is 1.84 bits per heavy atom. The lowest BCUT2D eigenvalue weighted by molar-refractivity contribution is 0.0974. The van der Waals surface area contributed by atoms with Crippen molar-refractivity contribution in [2.24, 2.45) is 0 Å². The Morgan fingerprint density at radius 3 is 2.66 bits per heavy atom. The summed E-state index contributed by atoms with van der Waals surface area (Å²) in [4.78, 5) is 14.1. The van der Waals surface area contributed by atoms with Gasteiger partial charge < -0.3 is 10.1 Å². The fraction of sp³-hybridized carbons (Fsp3) is 0.240. The molecule has 0 saturated carbocycles. The zero-order valence-corrected chi connectivity index (χ0v) is 19.2. The number of thiophene rings is 1. The highest BCUT2D eigenvalue weighted by Gasteiger charge is 2.22. The Bertz CT molecular complexity index is 1170. The fourth-order valence-electron chi connectivity index (χ4n) is 3.78. The largest absolute Gasteiger partial charge is 0.492 e. The van der Waals surface area contributed by atoms with Gasteiger partial charge in [0.2, 0.25) is 0 Å². The molecule has 5 nitrogen and oxygen atoms in total. The number of anilines is 1. The highest BCUT2D eigenvalue weighted by Crippen LogP contribution is 2.37. The van der Waals surface area contributed by atoms with Gasteiger partial charge in [-0.15, -0.1) is 11.3 Å². The van der Waals surface area contributed by atoms with Crippen molar-refractivity contribution in [3.8, 4) is 11.8 Å². The molecule has 0 atom stereocenters. The molecule has 0 bridgehead atoms. The molecule has 2 N–H and O–H groups in total. The molecular weight excluding hydrogens is 438 g/mol. The third kappa shape index (κ3) is 5.16. The number of carbonyl (C=O) groups is 1. The number of carbonyl (C=O) groups excluding carboxylic acids is 1. The normalized spacial score (nSPS) is 12.3. The highest BCUT2D eigenvalue weighted by atomic mass is 32.1. The second kappa shape index (κ2) is 10.4. The molecule has 0 unspecified atom stereocenters. The van der Waals surface area contributed by atoms with E-state index in [1.807, 2.05) is 36.4 Å². The number of amides is 1. The summed E-state index contributed by atoms with van der Waals surface area (Å²) in [5.74, 6) is 0.158. The average molecular weight is 462 g/mol. The van der Waals surface area contributed by atoms with Gasteiger partial charge in [-0.25, -0.2) is 0 Å². The third-order valence-corrected chi connectivity index (χ3v) is 6.77. The Balaban J connectivity index is 1.39. The molecule has 7 heteroatoms. The van der Waals surface area contributed by atoms with Crippen LogP contribution in [0.4, 0.5) is 5.00 Å². The third-order valence-electron chi connectivity index (χ3n) is 5.36. The number of fused-ring (bicyclic) bond motifs is 1. The van der Waals surface area contributed by atoms with Crippen molar-refractivity contribution in [3.63, 3.8) is 0 Å². The number of hydrogen-bond acceptors (Lipinski definition) is 5. The lowest BCUT2D eigenvalue weighted by atomic mass is 9.96. The van der Waals surface area contributed by atoms with Crippen LogP contribution in [0, 0.1) is 11.3 Å². The van der Waals surface area contributed by atoms with Gasteiger partial charge in [0.1, 0.15) is 16.8 Å². The number of benzene rings is 2. The van der Waals surface area contributed by atoms with Crippen molar-refractivity contribution in [3.05, 3.63) is 81.7 Å². The second-order valence-corrected chi connectivity index (χ2v) is 9.03. The summed E-state index contributed by atoms with van der Waals surface area (Å²) >= 11 is 6.92. The van der Waals surface area contributed by atoms with E-state index in [4.69, 9.17) is 17.0 Å². The van der Waals surface area contributed by atoms with Crippen molar-refractivity contribution >= 4 is 39.6 Å². The molecule has 0 fully saturated rings. The minimum absolute atomic E-state index is 0.171. The van der Waals surface area contributed by atoms with Crippen molar-refractivity contribution in [1.29, 1.82) is 5.26 Å². The Kier molecular flexibility index (Phi) is 7.15. The van der Waals surface area contributed by atoms with Gasteiger partial charge in [-0.2, -0.15) is 5.26 Å². The van der Waals surface area contributed by atoms with Gasteiger partial charge in [-0.05, 0) is 61.2 Å². The molecule has 3 aromatic rings. The molecule has 1 aliphatic carbocycles. The number of nitrogens with one attached hydrogen (secondary N) is 2.